The highest BCUT2D eigenvalue weighted by atomic mass is 16.3. The van der Waals surface area contributed by atoms with Crippen molar-refractivity contribution in [2.75, 3.05) is 5.73 Å². The number of anilines is 1. The van der Waals surface area contributed by atoms with Gasteiger partial charge in [0.05, 0.1) is 6.10 Å². The van der Waals surface area contributed by atoms with E-state index in [2.05, 4.69) is 0 Å². The number of rotatable bonds is 4. The fourth-order valence-corrected chi connectivity index (χ4v) is 1.28. The van der Waals surface area contributed by atoms with Crippen LogP contribution in [0.4, 0.5) is 5.69 Å². The Morgan fingerprint density at radius 3 is 2.93 bits per heavy atom. The average Bonchev–Trinajstić information content (AvgIpc) is 2.10. The van der Waals surface area contributed by atoms with Crippen LogP contribution in [0.3, 0.4) is 0 Å². The van der Waals surface area contributed by atoms with Gasteiger partial charge in [-0.05, 0) is 25.8 Å². The van der Waals surface area contributed by atoms with E-state index in [1.165, 1.54) is 6.07 Å². The van der Waals surface area contributed by atoms with Crippen molar-refractivity contribution in [2.24, 2.45) is 0 Å². The molecule has 1 aromatic heterocycles. The van der Waals surface area contributed by atoms with E-state index in [-0.39, 0.29) is 11.7 Å². The molecular weight excluding hydrogens is 180 g/mol. The Labute approximate surface area is 83.0 Å². The van der Waals surface area contributed by atoms with Gasteiger partial charge in [0.15, 0.2) is 0 Å². The molecule has 0 saturated carbocycles. The summed E-state index contributed by atoms with van der Waals surface area (Å²) in [6.07, 6.45) is 2.79. The molecule has 1 rings (SSSR count). The number of nitrogen functional groups attached to an aromatic ring is 1. The summed E-state index contributed by atoms with van der Waals surface area (Å²) in [6.45, 7) is 2.34. The fraction of sp³-hybridized carbons (Fsp3) is 0.500. The zero-order valence-corrected chi connectivity index (χ0v) is 8.31. The molecule has 78 valence electrons. The molecule has 0 bridgehead atoms. The second-order valence-electron chi connectivity index (χ2n) is 3.49. The first-order valence-electron chi connectivity index (χ1n) is 4.73. The molecule has 0 radical (unpaired) electrons. The highest BCUT2D eigenvalue weighted by molar-refractivity contribution is 5.33. The third-order valence-electron chi connectivity index (χ3n) is 2.03. The van der Waals surface area contributed by atoms with Gasteiger partial charge in [-0.2, -0.15) is 0 Å². The zero-order valence-electron chi connectivity index (χ0n) is 8.31. The summed E-state index contributed by atoms with van der Waals surface area (Å²) in [5, 5.41) is 9.04. The van der Waals surface area contributed by atoms with Gasteiger partial charge in [-0.1, -0.05) is 0 Å². The van der Waals surface area contributed by atoms with Gasteiger partial charge in [0.25, 0.3) is 5.56 Å². The van der Waals surface area contributed by atoms with Crippen molar-refractivity contribution in [3.8, 4) is 0 Å². The van der Waals surface area contributed by atoms with E-state index in [9.17, 15) is 4.79 Å². The lowest BCUT2D eigenvalue weighted by Gasteiger charge is -2.07. The lowest BCUT2D eigenvalue weighted by Crippen LogP contribution is -2.19. The largest absolute Gasteiger partial charge is 0.398 e. The quantitative estimate of drug-likeness (QED) is 0.740. The number of hydrogen-bond acceptors (Lipinski definition) is 3. The Kier molecular flexibility index (Phi) is 3.71. The minimum Gasteiger partial charge on any atom is -0.398 e. The Bertz CT molecular complexity index is 344. The van der Waals surface area contributed by atoms with Crippen LogP contribution in [0, 0.1) is 0 Å². The first kappa shape index (κ1) is 10.8. The van der Waals surface area contributed by atoms with Crippen molar-refractivity contribution in [1.29, 1.82) is 0 Å². The smallest absolute Gasteiger partial charge is 0.250 e. The van der Waals surface area contributed by atoms with Crippen LogP contribution in [0.2, 0.25) is 0 Å². The van der Waals surface area contributed by atoms with E-state index in [0.29, 0.717) is 18.7 Å². The summed E-state index contributed by atoms with van der Waals surface area (Å²) in [4.78, 5) is 11.3. The summed E-state index contributed by atoms with van der Waals surface area (Å²) in [6, 6.07) is 3.05. The third kappa shape index (κ3) is 3.22. The van der Waals surface area contributed by atoms with Crippen molar-refractivity contribution in [2.45, 2.75) is 32.4 Å². The maximum absolute atomic E-state index is 11.3. The Hall–Kier alpha value is -1.29. The lowest BCUT2D eigenvalue weighted by atomic mass is 10.2. The van der Waals surface area contributed by atoms with Gasteiger partial charge in [-0.15, -0.1) is 0 Å². The average molecular weight is 196 g/mol. The number of aryl methyl sites for hydroxylation is 1. The molecule has 1 heterocycles. The SMILES string of the molecule is CC(O)CCCn1cc(N)ccc1=O. The summed E-state index contributed by atoms with van der Waals surface area (Å²) in [5.41, 5.74) is 6.08. The molecule has 4 nitrogen and oxygen atoms in total. The van der Waals surface area contributed by atoms with E-state index in [1.807, 2.05) is 0 Å². The van der Waals surface area contributed by atoms with Crippen molar-refractivity contribution < 1.29 is 5.11 Å². The van der Waals surface area contributed by atoms with E-state index >= 15 is 0 Å². The fourth-order valence-electron chi connectivity index (χ4n) is 1.28. The molecular formula is C10H16N2O2. The second kappa shape index (κ2) is 4.81. The second-order valence-corrected chi connectivity index (χ2v) is 3.49. The number of aliphatic hydroxyl groups excluding tert-OH is 1. The highest BCUT2D eigenvalue weighted by Gasteiger charge is 1.98. The van der Waals surface area contributed by atoms with Crippen molar-refractivity contribution >= 4 is 5.69 Å². The molecule has 4 heteroatoms. The first-order chi connectivity index (χ1) is 6.59. The van der Waals surface area contributed by atoms with E-state index in [4.69, 9.17) is 10.8 Å². The van der Waals surface area contributed by atoms with Gasteiger partial charge in [0.1, 0.15) is 0 Å². The number of aromatic nitrogens is 1. The molecule has 3 N–H and O–H groups in total. The standard InChI is InChI=1S/C10H16N2O2/c1-8(13)3-2-6-12-7-9(11)4-5-10(12)14/h4-5,7-8,13H,2-3,6,11H2,1H3. The van der Waals surface area contributed by atoms with E-state index < -0.39 is 0 Å². The molecule has 0 spiro atoms. The summed E-state index contributed by atoms with van der Waals surface area (Å²) in [5.74, 6) is 0. The van der Waals surface area contributed by atoms with Crippen LogP contribution >= 0.6 is 0 Å². The van der Waals surface area contributed by atoms with Crippen LogP contribution in [0.25, 0.3) is 0 Å². The van der Waals surface area contributed by atoms with Crippen LogP contribution in [0.15, 0.2) is 23.1 Å². The monoisotopic (exact) mass is 196 g/mol. The lowest BCUT2D eigenvalue weighted by molar-refractivity contribution is 0.179. The van der Waals surface area contributed by atoms with Gasteiger partial charge >= 0.3 is 0 Å². The van der Waals surface area contributed by atoms with Crippen molar-refractivity contribution in [3.05, 3.63) is 28.7 Å². The minimum atomic E-state index is -0.313. The summed E-state index contributed by atoms with van der Waals surface area (Å²) in [7, 11) is 0. The van der Waals surface area contributed by atoms with Gasteiger partial charge in [0, 0.05) is 24.5 Å². The van der Waals surface area contributed by atoms with Gasteiger partial charge < -0.3 is 15.4 Å². The van der Waals surface area contributed by atoms with Crippen LogP contribution in [-0.2, 0) is 6.54 Å². The summed E-state index contributed by atoms with van der Waals surface area (Å²) < 4.78 is 1.57. The molecule has 1 aromatic rings. The molecule has 0 amide bonds. The van der Waals surface area contributed by atoms with Crippen LogP contribution in [-0.4, -0.2) is 15.8 Å². The minimum absolute atomic E-state index is 0.0511. The maximum Gasteiger partial charge on any atom is 0.250 e. The number of pyridine rings is 1. The molecule has 1 unspecified atom stereocenters. The van der Waals surface area contributed by atoms with Crippen molar-refractivity contribution in [1.82, 2.24) is 4.57 Å². The Morgan fingerprint density at radius 1 is 1.57 bits per heavy atom. The summed E-state index contributed by atoms with van der Waals surface area (Å²) >= 11 is 0. The van der Waals surface area contributed by atoms with Crippen molar-refractivity contribution in [3.63, 3.8) is 0 Å². The molecule has 1 atom stereocenters. The molecule has 14 heavy (non-hydrogen) atoms. The number of nitrogens with two attached hydrogens (primary N) is 1. The topological polar surface area (TPSA) is 68.2 Å². The predicted molar refractivity (Wildman–Crippen MR) is 56.0 cm³/mol. The third-order valence-corrected chi connectivity index (χ3v) is 2.03. The highest BCUT2D eigenvalue weighted by Crippen LogP contribution is 2.00. The molecule has 0 saturated heterocycles. The maximum atomic E-state index is 11.3. The van der Waals surface area contributed by atoms with Crippen LogP contribution in [0.5, 0.6) is 0 Å². The number of nitrogens with zero attached hydrogens (tertiary/aromatic N) is 1. The first-order valence-corrected chi connectivity index (χ1v) is 4.73. The Balaban J connectivity index is 2.58. The predicted octanol–water partition coefficient (Wildman–Crippen LogP) is 0.592. The van der Waals surface area contributed by atoms with Crippen LogP contribution < -0.4 is 11.3 Å². The normalized spacial score (nSPS) is 12.7. The van der Waals surface area contributed by atoms with Crippen LogP contribution in [0.1, 0.15) is 19.8 Å². The van der Waals surface area contributed by atoms with Gasteiger partial charge in [-0.25, -0.2) is 0 Å². The number of hydrogen-bond donors (Lipinski definition) is 2. The molecule has 0 fully saturated rings. The van der Waals surface area contributed by atoms with Gasteiger partial charge in [0.2, 0.25) is 0 Å². The number of aliphatic hydroxyl groups is 1. The zero-order chi connectivity index (χ0) is 10.6. The van der Waals surface area contributed by atoms with E-state index in [0.717, 1.165) is 6.42 Å². The van der Waals surface area contributed by atoms with Gasteiger partial charge in [-0.3, -0.25) is 4.79 Å². The van der Waals surface area contributed by atoms with E-state index in [1.54, 1.807) is 23.8 Å². The molecule has 0 aliphatic heterocycles. The Morgan fingerprint density at radius 2 is 2.29 bits per heavy atom. The molecule has 0 aliphatic carbocycles. The molecule has 0 aromatic carbocycles. The molecule has 0 aliphatic rings.